The number of hydrogen-bond acceptors (Lipinski definition) is 5. The number of thiazole rings is 1. The van der Waals surface area contributed by atoms with E-state index in [1.54, 1.807) is 31.5 Å². The van der Waals surface area contributed by atoms with Crippen LogP contribution in [0.15, 0.2) is 54.9 Å². The lowest BCUT2D eigenvalue weighted by atomic mass is 10.3. The van der Waals surface area contributed by atoms with Crippen molar-refractivity contribution < 1.29 is 9.59 Å². The zero-order valence-electron chi connectivity index (χ0n) is 14.0. The smallest absolute Gasteiger partial charge is 0.325 e. The first-order chi connectivity index (χ1) is 12.6. The highest BCUT2D eigenvalue weighted by atomic mass is 32.1. The first kappa shape index (κ1) is 17.6. The van der Waals surface area contributed by atoms with Crippen molar-refractivity contribution in [2.75, 3.05) is 10.6 Å². The van der Waals surface area contributed by atoms with Gasteiger partial charge >= 0.3 is 6.03 Å². The van der Waals surface area contributed by atoms with Gasteiger partial charge in [-0.05, 0) is 30.7 Å². The molecular weight excluding hydrogens is 350 g/mol. The van der Waals surface area contributed by atoms with E-state index in [9.17, 15) is 9.59 Å². The Labute approximate surface area is 154 Å². The van der Waals surface area contributed by atoms with Crippen molar-refractivity contribution in [1.29, 1.82) is 0 Å². The second-order valence-electron chi connectivity index (χ2n) is 5.42. The van der Waals surface area contributed by atoms with Gasteiger partial charge < -0.3 is 10.6 Å². The number of anilines is 2. The van der Waals surface area contributed by atoms with Crippen LogP contribution in [0.3, 0.4) is 0 Å². The molecule has 3 amide bonds. The summed E-state index contributed by atoms with van der Waals surface area (Å²) in [6, 6.07) is 12.4. The van der Waals surface area contributed by atoms with Gasteiger partial charge in [-0.15, -0.1) is 0 Å². The minimum absolute atomic E-state index is 0.236. The zero-order valence-corrected chi connectivity index (χ0v) is 14.8. The number of amides is 3. The highest BCUT2D eigenvalue weighted by Crippen LogP contribution is 2.22. The van der Waals surface area contributed by atoms with Crippen LogP contribution in [-0.2, 0) is 6.54 Å². The van der Waals surface area contributed by atoms with E-state index >= 15 is 0 Å². The molecule has 0 aliphatic heterocycles. The van der Waals surface area contributed by atoms with Crippen LogP contribution in [0.4, 0.5) is 15.6 Å². The van der Waals surface area contributed by atoms with Gasteiger partial charge in [-0.2, -0.15) is 0 Å². The molecule has 7 nitrogen and oxygen atoms in total. The van der Waals surface area contributed by atoms with Crippen LogP contribution >= 0.6 is 11.3 Å². The number of urea groups is 1. The fourth-order valence-corrected chi connectivity index (χ4v) is 3.08. The lowest BCUT2D eigenvalue weighted by Gasteiger charge is -2.04. The van der Waals surface area contributed by atoms with Gasteiger partial charge in [0.05, 0.1) is 5.69 Å². The molecule has 0 saturated carbocycles. The molecule has 0 unspecified atom stereocenters. The quantitative estimate of drug-likeness (QED) is 0.644. The maximum absolute atomic E-state index is 12.3. The van der Waals surface area contributed by atoms with E-state index in [0.717, 1.165) is 16.9 Å². The van der Waals surface area contributed by atoms with E-state index in [2.05, 4.69) is 25.9 Å². The standard InChI is InChI=1S/C18H17N5O2S/c1-12-15(16(24)20-11-13-6-5-9-19-10-13)26-18(21-12)23-17(25)22-14-7-3-2-4-8-14/h2-10H,11H2,1H3,(H,20,24)(H2,21,22,23,25). The maximum atomic E-state index is 12.3. The molecule has 0 fully saturated rings. The van der Waals surface area contributed by atoms with Gasteiger partial charge in [-0.1, -0.05) is 35.6 Å². The molecule has 0 spiro atoms. The summed E-state index contributed by atoms with van der Waals surface area (Å²) < 4.78 is 0. The van der Waals surface area contributed by atoms with Gasteiger partial charge in [-0.3, -0.25) is 15.1 Å². The molecule has 0 aliphatic carbocycles. The van der Waals surface area contributed by atoms with Gasteiger partial charge in [0.1, 0.15) is 4.88 Å². The summed E-state index contributed by atoms with van der Waals surface area (Å²) in [5.74, 6) is -0.236. The number of para-hydroxylation sites is 1. The molecule has 1 aromatic carbocycles. The summed E-state index contributed by atoms with van der Waals surface area (Å²) in [6.45, 7) is 2.11. The summed E-state index contributed by atoms with van der Waals surface area (Å²) in [5.41, 5.74) is 2.14. The van der Waals surface area contributed by atoms with E-state index < -0.39 is 6.03 Å². The number of carbonyl (C=O) groups excluding carboxylic acids is 2. The first-order valence-corrected chi connectivity index (χ1v) is 8.71. The number of nitrogens with one attached hydrogen (secondary N) is 3. The van der Waals surface area contributed by atoms with E-state index in [1.807, 2.05) is 30.3 Å². The third kappa shape index (κ3) is 4.64. The Morgan fingerprint density at radius 1 is 1.08 bits per heavy atom. The molecule has 0 atom stereocenters. The molecule has 3 rings (SSSR count). The molecule has 2 heterocycles. The van der Waals surface area contributed by atoms with E-state index in [4.69, 9.17) is 0 Å². The summed E-state index contributed by atoms with van der Waals surface area (Å²) >= 11 is 1.13. The predicted molar refractivity (Wildman–Crippen MR) is 101 cm³/mol. The van der Waals surface area contributed by atoms with Crippen molar-refractivity contribution in [3.63, 3.8) is 0 Å². The van der Waals surface area contributed by atoms with E-state index in [-0.39, 0.29) is 5.91 Å². The van der Waals surface area contributed by atoms with Crippen LogP contribution in [0.1, 0.15) is 20.9 Å². The molecule has 0 bridgehead atoms. The fraction of sp³-hybridized carbons (Fsp3) is 0.111. The number of pyridine rings is 1. The minimum atomic E-state index is -0.410. The molecule has 3 N–H and O–H groups in total. The summed E-state index contributed by atoms with van der Waals surface area (Å²) in [4.78, 5) is 33.1. The number of rotatable bonds is 5. The number of benzene rings is 1. The van der Waals surface area contributed by atoms with E-state index in [1.165, 1.54) is 0 Å². The second-order valence-corrected chi connectivity index (χ2v) is 6.42. The Morgan fingerprint density at radius 3 is 2.62 bits per heavy atom. The van der Waals surface area contributed by atoms with Crippen LogP contribution < -0.4 is 16.0 Å². The SMILES string of the molecule is Cc1nc(NC(=O)Nc2ccccc2)sc1C(=O)NCc1cccnc1. The Morgan fingerprint density at radius 2 is 1.88 bits per heavy atom. The number of nitrogens with zero attached hydrogens (tertiary/aromatic N) is 2. The van der Waals surface area contributed by atoms with E-state index in [0.29, 0.717) is 27.9 Å². The normalized spacial score (nSPS) is 10.2. The van der Waals surface area contributed by atoms with Crippen LogP contribution in [0.2, 0.25) is 0 Å². The number of aryl methyl sites for hydroxylation is 1. The van der Waals surface area contributed by atoms with Crippen molar-refractivity contribution in [3.05, 3.63) is 71.0 Å². The molecule has 2 aromatic heterocycles. The van der Waals surface area contributed by atoms with Gasteiger partial charge in [0.15, 0.2) is 5.13 Å². The predicted octanol–water partition coefficient (Wildman–Crippen LogP) is 3.42. The average molecular weight is 367 g/mol. The molecule has 3 aromatic rings. The first-order valence-electron chi connectivity index (χ1n) is 7.89. The molecule has 132 valence electrons. The zero-order chi connectivity index (χ0) is 18.4. The summed E-state index contributed by atoms with van der Waals surface area (Å²) in [7, 11) is 0. The van der Waals surface area contributed by atoms with Crippen LogP contribution in [-0.4, -0.2) is 21.9 Å². The molecule has 0 aliphatic rings. The Hall–Kier alpha value is -3.26. The van der Waals surface area contributed by atoms with Crippen LogP contribution in [0.5, 0.6) is 0 Å². The molecular formula is C18H17N5O2S. The van der Waals surface area contributed by atoms with Crippen LogP contribution in [0.25, 0.3) is 0 Å². The van der Waals surface area contributed by atoms with Gasteiger partial charge in [0, 0.05) is 24.6 Å². The van der Waals surface area contributed by atoms with Crippen molar-refractivity contribution >= 4 is 34.1 Å². The van der Waals surface area contributed by atoms with Crippen molar-refractivity contribution in [2.45, 2.75) is 13.5 Å². The number of carbonyl (C=O) groups is 2. The average Bonchev–Trinajstić information content (AvgIpc) is 3.01. The second kappa shape index (κ2) is 8.21. The molecule has 0 radical (unpaired) electrons. The monoisotopic (exact) mass is 367 g/mol. The lowest BCUT2D eigenvalue weighted by molar-refractivity contribution is 0.0954. The van der Waals surface area contributed by atoms with Crippen molar-refractivity contribution in [3.8, 4) is 0 Å². The highest BCUT2D eigenvalue weighted by Gasteiger charge is 2.16. The largest absolute Gasteiger partial charge is 0.347 e. The third-order valence-corrected chi connectivity index (χ3v) is 4.50. The topological polar surface area (TPSA) is 96.0 Å². The van der Waals surface area contributed by atoms with Gasteiger partial charge in [0.2, 0.25) is 0 Å². The lowest BCUT2D eigenvalue weighted by Crippen LogP contribution is -2.22. The van der Waals surface area contributed by atoms with Gasteiger partial charge in [0.25, 0.3) is 5.91 Å². The van der Waals surface area contributed by atoms with Crippen molar-refractivity contribution in [2.24, 2.45) is 0 Å². The summed E-state index contributed by atoms with van der Waals surface area (Å²) in [6.07, 6.45) is 3.37. The van der Waals surface area contributed by atoms with Crippen molar-refractivity contribution in [1.82, 2.24) is 15.3 Å². The fourth-order valence-electron chi connectivity index (χ4n) is 2.21. The number of aromatic nitrogens is 2. The Balaban J connectivity index is 1.59. The number of hydrogen-bond donors (Lipinski definition) is 3. The molecule has 0 saturated heterocycles. The maximum Gasteiger partial charge on any atom is 0.325 e. The summed E-state index contributed by atoms with van der Waals surface area (Å²) in [5, 5.41) is 8.54. The Bertz CT molecular complexity index is 896. The van der Waals surface area contributed by atoms with Crippen LogP contribution in [0, 0.1) is 6.92 Å². The highest BCUT2D eigenvalue weighted by molar-refractivity contribution is 7.17. The minimum Gasteiger partial charge on any atom is -0.347 e. The molecule has 8 heteroatoms. The Kier molecular flexibility index (Phi) is 5.55. The molecule has 26 heavy (non-hydrogen) atoms. The third-order valence-electron chi connectivity index (χ3n) is 3.43. The van der Waals surface area contributed by atoms with Gasteiger partial charge in [-0.25, -0.2) is 9.78 Å².